The number of rotatable bonds is 3. The molecule has 0 atom stereocenters. The first-order chi connectivity index (χ1) is 9.78. The Bertz CT molecular complexity index is 646. The maximum absolute atomic E-state index is 4.88. The largest absolute Gasteiger partial charge is 0.352 e. The molecular formula is C17H21N3. The molecule has 0 unspecified atom stereocenters. The van der Waals surface area contributed by atoms with Crippen LogP contribution in [0.25, 0.3) is 10.8 Å². The van der Waals surface area contributed by atoms with E-state index < -0.39 is 0 Å². The van der Waals surface area contributed by atoms with Crippen LogP contribution in [0.5, 0.6) is 0 Å². The lowest BCUT2D eigenvalue weighted by Gasteiger charge is -2.28. The van der Waals surface area contributed by atoms with E-state index in [1.807, 2.05) is 7.05 Å². The molecule has 0 aliphatic carbocycles. The van der Waals surface area contributed by atoms with E-state index in [1.54, 1.807) is 0 Å². The highest BCUT2D eigenvalue weighted by molar-refractivity contribution is 5.92. The zero-order chi connectivity index (χ0) is 13.9. The maximum atomic E-state index is 4.88. The Hall–Kier alpha value is -1.87. The Morgan fingerprint density at radius 3 is 2.95 bits per heavy atom. The molecule has 0 amide bonds. The van der Waals surface area contributed by atoms with E-state index in [1.165, 1.54) is 16.3 Å². The lowest BCUT2D eigenvalue weighted by Crippen LogP contribution is -2.30. The van der Waals surface area contributed by atoms with Gasteiger partial charge in [0, 0.05) is 25.0 Å². The fourth-order valence-electron chi connectivity index (χ4n) is 2.84. The molecule has 3 heteroatoms. The Balaban J connectivity index is 2.09. The highest BCUT2D eigenvalue weighted by Gasteiger charge is 2.15. The summed E-state index contributed by atoms with van der Waals surface area (Å²) in [6.45, 7) is 5.05. The van der Waals surface area contributed by atoms with E-state index in [4.69, 9.17) is 4.98 Å². The van der Waals surface area contributed by atoms with Crippen molar-refractivity contribution in [2.45, 2.75) is 19.9 Å². The minimum absolute atomic E-state index is 0.806. The van der Waals surface area contributed by atoms with Gasteiger partial charge in [0.05, 0.1) is 5.69 Å². The van der Waals surface area contributed by atoms with Gasteiger partial charge in [0.15, 0.2) is 0 Å². The van der Waals surface area contributed by atoms with Crippen LogP contribution in [0, 0.1) is 0 Å². The normalized spacial score (nSPS) is 15.5. The van der Waals surface area contributed by atoms with Crippen molar-refractivity contribution < 1.29 is 0 Å². The fourth-order valence-corrected chi connectivity index (χ4v) is 2.84. The second-order valence-electron chi connectivity index (χ2n) is 5.45. The van der Waals surface area contributed by atoms with Crippen molar-refractivity contribution in [3.8, 4) is 0 Å². The summed E-state index contributed by atoms with van der Waals surface area (Å²) < 4.78 is 0. The lowest BCUT2D eigenvalue weighted by atomic mass is 10.1. The summed E-state index contributed by atoms with van der Waals surface area (Å²) >= 11 is 0. The van der Waals surface area contributed by atoms with Gasteiger partial charge in [-0.15, -0.1) is 0 Å². The minimum Gasteiger partial charge on any atom is -0.352 e. The third-order valence-electron chi connectivity index (χ3n) is 3.76. The average molecular weight is 267 g/mol. The summed E-state index contributed by atoms with van der Waals surface area (Å²) in [6.07, 6.45) is 3.44. The number of nitrogens with zero attached hydrogens (tertiary/aromatic N) is 2. The molecule has 20 heavy (non-hydrogen) atoms. The molecular weight excluding hydrogens is 246 g/mol. The van der Waals surface area contributed by atoms with Crippen LogP contribution in [0.3, 0.4) is 0 Å². The van der Waals surface area contributed by atoms with Crippen molar-refractivity contribution in [2.24, 2.45) is 0 Å². The standard InChI is InChI=1S/C17H21N3/c1-13-6-5-9-20(12-13)17-16-8-4-3-7-14(16)10-15(19-17)11-18-2/h3-4,6-8,10,18H,5,9,11-12H2,1-2H3. The van der Waals surface area contributed by atoms with Gasteiger partial charge in [0.1, 0.15) is 5.82 Å². The zero-order valence-electron chi connectivity index (χ0n) is 12.2. The number of pyridine rings is 1. The van der Waals surface area contributed by atoms with Gasteiger partial charge in [0.2, 0.25) is 0 Å². The second kappa shape index (κ2) is 5.63. The number of hydrogen-bond acceptors (Lipinski definition) is 3. The Morgan fingerprint density at radius 1 is 1.30 bits per heavy atom. The summed E-state index contributed by atoms with van der Waals surface area (Å²) in [5.41, 5.74) is 2.54. The third kappa shape index (κ3) is 2.54. The van der Waals surface area contributed by atoms with Gasteiger partial charge in [-0.25, -0.2) is 4.98 Å². The Labute approximate surface area is 120 Å². The van der Waals surface area contributed by atoms with Crippen molar-refractivity contribution in [1.82, 2.24) is 10.3 Å². The van der Waals surface area contributed by atoms with Gasteiger partial charge in [-0.3, -0.25) is 0 Å². The first-order valence-corrected chi connectivity index (χ1v) is 7.22. The van der Waals surface area contributed by atoms with Gasteiger partial charge in [-0.1, -0.05) is 35.9 Å². The second-order valence-corrected chi connectivity index (χ2v) is 5.45. The number of fused-ring (bicyclic) bond motifs is 1. The van der Waals surface area contributed by atoms with Crippen LogP contribution in [0.1, 0.15) is 19.0 Å². The molecule has 2 heterocycles. The number of benzene rings is 1. The minimum atomic E-state index is 0.806. The molecule has 0 fully saturated rings. The molecule has 104 valence electrons. The topological polar surface area (TPSA) is 28.2 Å². The summed E-state index contributed by atoms with van der Waals surface area (Å²) in [4.78, 5) is 7.28. The zero-order valence-corrected chi connectivity index (χ0v) is 12.2. The van der Waals surface area contributed by atoms with Gasteiger partial charge in [-0.05, 0) is 31.8 Å². The van der Waals surface area contributed by atoms with Crippen LogP contribution >= 0.6 is 0 Å². The first kappa shape index (κ1) is 13.1. The van der Waals surface area contributed by atoms with E-state index in [-0.39, 0.29) is 0 Å². The number of nitrogens with one attached hydrogen (secondary N) is 1. The number of anilines is 1. The smallest absolute Gasteiger partial charge is 0.137 e. The molecule has 0 spiro atoms. The van der Waals surface area contributed by atoms with Crippen molar-refractivity contribution >= 4 is 16.6 Å². The summed E-state index contributed by atoms with van der Waals surface area (Å²) in [6, 6.07) is 10.7. The fraction of sp³-hybridized carbons (Fsp3) is 0.353. The number of aromatic nitrogens is 1. The van der Waals surface area contributed by atoms with E-state index in [9.17, 15) is 0 Å². The quantitative estimate of drug-likeness (QED) is 0.866. The molecule has 3 nitrogen and oxygen atoms in total. The van der Waals surface area contributed by atoms with Crippen LogP contribution < -0.4 is 10.2 Å². The van der Waals surface area contributed by atoms with E-state index in [0.717, 1.165) is 37.6 Å². The van der Waals surface area contributed by atoms with E-state index in [2.05, 4.69) is 53.5 Å². The molecule has 1 aliphatic heterocycles. The molecule has 0 saturated carbocycles. The van der Waals surface area contributed by atoms with Gasteiger partial charge in [0.25, 0.3) is 0 Å². The van der Waals surface area contributed by atoms with Crippen LogP contribution in [-0.2, 0) is 6.54 Å². The van der Waals surface area contributed by atoms with Crippen LogP contribution in [0.15, 0.2) is 42.0 Å². The third-order valence-corrected chi connectivity index (χ3v) is 3.76. The molecule has 0 radical (unpaired) electrons. The summed E-state index contributed by atoms with van der Waals surface area (Å²) in [7, 11) is 1.96. The van der Waals surface area contributed by atoms with Crippen molar-refractivity contribution in [3.05, 3.63) is 47.7 Å². The monoisotopic (exact) mass is 267 g/mol. The van der Waals surface area contributed by atoms with Crippen molar-refractivity contribution in [2.75, 3.05) is 25.0 Å². The van der Waals surface area contributed by atoms with E-state index in [0.29, 0.717) is 0 Å². The van der Waals surface area contributed by atoms with Gasteiger partial charge >= 0.3 is 0 Å². The average Bonchev–Trinajstić information content (AvgIpc) is 2.47. The molecule has 1 N–H and O–H groups in total. The molecule has 3 rings (SSSR count). The Kier molecular flexibility index (Phi) is 3.70. The SMILES string of the molecule is CNCc1cc2ccccc2c(N2CCC=C(C)C2)n1. The highest BCUT2D eigenvalue weighted by atomic mass is 15.2. The van der Waals surface area contributed by atoms with E-state index >= 15 is 0 Å². The van der Waals surface area contributed by atoms with Crippen molar-refractivity contribution in [1.29, 1.82) is 0 Å². The first-order valence-electron chi connectivity index (χ1n) is 7.22. The van der Waals surface area contributed by atoms with Crippen LogP contribution in [0.4, 0.5) is 5.82 Å². The Morgan fingerprint density at radius 2 is 2.15 bits per heavy atom. The van der Waals surface area contributed by atoms with Crippen molar-refractivity contribution in [3.63, 3.8) is 0 Å². The molecule has 2 aromatic rings. The summed E-state index contributed by atoms with van der Waals surface area (Å²) in [5.74, 6) is 1.13. The van der Waals surface area contributed by atoms with Crippen LogP contribution in [-0.4, -0.2) is 25.1 Å². The molecule has 0 bridgehead atoms. The molecule has 1 aromatic carbocycles. The van der Waals surface area contributed by atoms with Crippen LogP contribution in [0.2, 0.25) is 0 Å². The molecule has 1 aliphatic rings. The molecule has 1 aromatic heterocycles. The lowest BCUT2D eigenvalue weighted by molar-refractivity contribution is 0.760. The van der Waals surface area contributed by atoms with Gasteiger partial charge in [-0.2, -0.15) is 0 Å². The number of hydrogen-bond donors (Lipinski definition) is 1. The highest BCUT2D eigenvalue weighted by Crippen LogP contribution is 2.27. The summed E-state index contributed by atoms with van der Waals surface area (Å²) in [5, 5.41) is 5.72. The predicted molar refractivity (Wildman–Crippen MR) is 85.1 cm³/mol. The maximum Gasteiger partial charge on any atom is 0.137 e. The molecule has 0 saturated heterocycles. The van der Waals surface area contributed by atoms with Gasteiger partial charge < -0.3 is 10.2 Å². The predicted octanol–water partition coefficient (Wildman–Crippen LogP) is 3.11.